The summed E-state index contributed by atoms with van der Waals surface area (Å²) in [6, 6.07) is 0. The number of rotatable bonds is 4. The topological polar surface area (TPSA) is 0 Å². The Balaban J connectivity index is 1.65. The van der Waals surface area contributed by atoms with Crippen molar-refractivity contribution in [2.75, 3.05) is 0 Å². The summed E-state index contributed by atoms with van der Waals surface area (Å²) in [5.74, 6) is 11.8. The Morgan fingerprint density at radius 2 is 1.19 bits per heavy atom. The van der Waals surface area contributed by atoms with Gasteiger partial charge in [0.05, 0.1) is 8.07 Å². The molecule has 0 aliphatic heterocycles. The largest absolute Gasteiger partial charge is 0.0689 e. The van der Waals surface area contributed by atoms with Crippen LogP contribution in [-0.2, 0) is 0 Å². The Kier molecular flexibility index (Phi) is 7.40. The second kappa shape index (κ2) is 9.35. The Bertz CT molecular complexity index is 622. The van der Waals surface area contributed by atoms with Crippen molar-refractivity contribution in [3.8, 4) is 0 Å². The molecule has 186 valence electrons. The van der Waals surface area contributed by atoms with Gasteiger partial charge in [0.1, 0.15) is 0 Å². The first-order chi connectivity index (χ1) is 15.0. The minimum Gasteiger partial charge on any atom is -0.0689 e. The summed E-state index contributed by atoms with van der Waals surface area (Å²) in [5.41, 5.74) is 2.12. The first-order valence-electron chi connectivity index (χ1n) is 15.0. The van der Waals surface area contributed by atoms with Gasteiger partial charge in [-0.15, -0.1) is 0 Å². The Morgan fingerprint density at radius 3 is 1.78 bits per heavy atom. The highest BCUT2D eigenvalue weighted by molar-refractivity contribution is 6.80. The zero-order chi connectivity index (χ0) is 23.5. The van der Waals surface area contributed by atoms with Gasteiger partial charge in [0.25, 0.3) is 0 Å². The molecule has 0 heterocycles. The standard InChI is InChI=1S/C31H58Si/c1-18(2)27-17-29-25(28-16-19(3)14-15-20(28)4)12-11-13-26(29)31(27)32(9,10)30-23(7)21(5)22(6)24(30)8/h18-31H,11-17H2,1-10H3. The third kappa shape index (κ3) is 4.11. The van der Waals surface area contributed by atoms with Crippen LogP contribution in [0.15, 0.2) is 0 Å². The second-order valence-electron chi connectivity index (χ2n) is 14.9. The van der Waals surface area contributed by atoms with Crippen molar-refractivity contribution in [2.24, 2.45) is 71.0 Å². The maximum Gasteiger partial charge on any atom is 0.0547 e. The Labute approximate surface area is 203 Å². The summed E-state index contributed by atoms with van der Waals surface area (Å²) in [6.45, 7) is 26.6. The predicted octanol–water partition coefficient (Wildman–Crippen LogP) is 9.77. The van der Waals surface area contributed by atoms with Crippen molar-refractivity contribution >= 4 is 8.07 Å². The molecular formula is C31H58Si. The molecule has 0 aromatic rings. The van der Waals surface area contributed by atoms with Crippen LogP contribution < -0.4 is 0 Å². The lowest BCUT2D eigenvalue weighted by Gasteiger charge is -2.50. The molecule has 4 rings (SSSR count). The highest BCUT2D eigenvalue weighted by Crippen LogP contribution is 2.66. The molecule has 0 spiro atoms. The third-order valence-electron chi connectivity index (χ3n) is 12.9. The summed E-state index contributed by atoms with van der Waals surface area (Å²) >= 11 is 0. The van der Waals surface area contributed by atoms with Crippen molar-refractivity contribution < 1.29 is 0 Å². The van der Waals surface area contributed by atoms with Gasteiger partial charge in [-0.25, -0.2) is 0 Å². The zero-order valence-corrected chi connectivity index (χ0v) is 24.5. The third-order valence-corrected chi connectivity index (χ3v) is 18.3. The molecule has 0 saturated heterocycles. The van der Waals surface area contributed by atoms with E-state index in [-0.39, 0.29) is 0 Å². The van der Waals surface area contributed by atoms with E-state index in [1.807, 2.05) is 0 Å². The molecule has 4 saturated carbocycles. The van der Waals surface area contributed by atoms with E-state index in [1.165, 1.54) is 19.3 Å². The molecule has 12 unspecified atom stereocenters. The average molecular weight is 459 g/mol. The lowest BCUT2D eigenvalue weighted by molar-refractivity contribution is 0.0507. The van der Waals surface area contributed by atoms with Gasteiger partial charge in [-0.2, -0.15) is 0 Å². The molecule has 12 atom stereocenters. The van der Waals surface area contributed by atoms with Crippen LogP contribution in [0.5, 0.6) is 0 Å². The van der Waals surface area contributed by atoms with E-state index in [0.29, 0.717) is 0 Å². The van der Waals surface area contributed by atoms with Gasteiger partial charge >= 0.3 is 0 Å². The molecule has 0 bridgehead atoms. The van der Waals surface area contributed by atoms with Gasteiger partial charge < -0.3 is 0 Å². The van der Waals surface area contributed by atoms with Crippen molar-refractivity contribution in [2.45, 2.75) is 125 Å². The molecule has 4 aliphatic rings. The molecule has 1 heteroatoms. The van der Waals surface area contributed by atoms with Gasteiger partial charge in [-0.1, -0.05) is 94.2 Å². The van der Waals surface area contributed by atoms with Gasteiger partial charge in [0.2, 0.25) is 0 Å². The molecule has 0 amide bonds. The summed E-state index contributed by atoms with van der Waals surface area (Å²) in [7, 11) is -1.39. The van der Waals surface area contributed by atoms with Crippen molar-refractivity contribution in [3.05, 3.63) is 0 Å². The average Bonchev–Trinajstić information content (AvgIpc) is 3.23. The molecule has 4 aliphatic carbocycles. The van der Waals surface area contributed by atoms with Crippen molar-refractivity contribution in [1.29, 1.82) is 0 Å². The van der Waals surface area contributed by atoms with Gasteiger partial charge in [-0.05, 0) is 101 Å². The van der Waals surface area contributed by atoms with Crippen molar-refractivity contribution in [1.82, 2.24) is 0 Å². The normalized spacial score (nSPS) is 52.4. The molecule has 0 aromatic carbocycles. The molecule has 32 heavy (non-hydrogen) atoms. The highest BCUT2D eigenvalue weighted by Gasteiger charge is 2.60. The quantitative estimate of drug-likeness (QED) is 0.368. The van der Waals surface area contributed by atoms with E-state index in [1.54, 1.807) is 25.7 Å². The van der Waals surface area contributed by atoms with Gasteiger partial charge in [0.15, 0.2) is 0 Å². The maximum atomic E-state index is 2.88. The predicted molar refractivity (Wildman–Crippen MR) is 145 cm³/mol. The first kappa shape index (κ1) is 25.3. The van der Waals surface area contributed by atoms with E-state index in [0.717, 1.165) is 82.1 Å². The highest BCUT2D eigenvalue weighted by atomic mass is 28.3. The van der Waals surface area contributed by atoms with Crippen LogP contribution in [0.1, 0.15) is 100 Å². The molecule has 0 nitrogen and oxygen atoms in total. The number of fused-ring (bicyclic) bond motifs is 1. The first-order valence-corrected chi connectivity index (χ1v) is 18.1. The fraction of sp³-hybridized carbons (Fsp3) is 1.00. The zero-order valence-electron chi connectivity index (χ0n) is 23.5. The van der Waals surface area contributed by atoms with Crippen LogP contribution >= 0.6 is 0 Å². The Hall–Kier alpha value is 0.217. The van der Waals surface area contributed by atoms with Crippen LogP contribution in [0.3, 0.4) is 0 Å². The van der Waals surface area contributed by atoms with E-state index in [4.69, 9.17) is 0 Å². The summed E-state index contributed by atoms with van der Waals surface area (Å²) < 4.78 is 0. The fourth-order valence-electron chi connectivity index (χ4n) is 11.1. The summed E-state index contributed by atoms with van der Waals surface area (Å²) in [4.78, 5) is 0. The van der Waals surface area contributed by atoms with E-state index in [2.05, 4.69) is 68.5 Å². The fourth-order valence-corrected chi connectivity index (χ4v) is 18.0. The summed E-state index contributed by atoms with van der Waals surface area (Å²) in [6.07, 6.45) is 10.8. The monoisotopic (exact) mass is 458 g/mol. The molecule has 4 fully saturated rings. The van der Waals surface area contributed by atoms with E-state index < -0.39 is 8.07 Å². The van der Waals surface area contributed by atoms with Gasteiger partial charge in [-0.3, -0.25) is 0 Å². The maximum absolute atomic E-state index is 2.88. The molecule has 0 radical (unpaired) electrons. The van der Waals surface area contributed by atoms with Crippen LogP contribution in [0.4, 0.5) is 0 Å². The molecular weight excluding hydrogens is 400 g/mol. The minimum absolute atomic E-state index is 0.877. The Morgan fingerprint density at radius 1 is 0.594 bits per heavy atom. The van der Waals surface area contributed by atoms with Gasteiger partial charge in [0, 0.05) is 0 Å². The number of hydrogen-bond acceptors (Lipinski definition) is 0. The van der Waals surface area contributed by atoms with Crippen molar-refractivity contribution in [3.63, 3.8) is 0 Å². The van der Waals surface area contributed by atoms with Crippen LogP contribution in [0.2, 0.25) is 24.2 Å². The second-order valence-corrected chi connectivity index (χ2v) is 19.9. The van der Waals surface area contributed by atoms with E-state index >= 15 is 0 Å². The van der Waals surface area contributed by atoms with Crippen LogP contribution in [-0.4, -0.2) is 8.07 Å². The molecule has 0 aromatic heterocycles. The minimum atomic E-state index is -1.39. The summed E-state index contributed by atoms with van der Waals surface area (Å²) in [5, 5.41) is 0. The lowest BCUT2D eigenvalue weighted by atomic mass is 9.61. The number of hydrogen-bond donors (Lipinski definition) is 0. The van der Waals surface area contributed by atoms with E-state index in [9.17, 15) is 0 Å². The smallest absolute Gasteiger partial charge is 0.0547 e. The van der Waals surface area contributed by atoms with Crippen LogP contribution in [0, 0.1) is 71.0 Å². The lowest BCUT2D eigenvalue weighted by Crippen LogP contribution is -2.47. The SMILES string of the molecule is CC1CCC(C)C(C2CCCC3C2CC(C(C)C)C3[Si](C)(C)C2C(C)C(C)C(C)C2C)C1. The molecule has 0 N–H and O–H groups in total. The van der Waals surface area contributed by atoms with Crippen LogP contribution in [0.25, 0.3) is 0 Å².